The molecule has 3 aromatic rings. The molecule has 3 aromatic carbocycles. The highest BCUT2D eigenvalue weighted by Crippen LogP contribution is 2.26. The fourth-order valence-electron chi connectivity index (χ4n) is 3.48. The summed E-state index contributed by atoms with van der Waals surface area (Å²) >= 11 is 0. The van der Waals surface area contributed by atoms with Gasteiger partial charge in [0.25, 0.3) is 10.0 Å². The van der Waals surface area contributed by atoms with E-state index in [0.29, 0.717) is 12.2 Å². The third-order valence-corrected chi connectivity index (χ3v) is 7.18. The number of carbonyl (C=O) groups is 1. The molecular weight excluding hydrogens is 436 g/mol. The van der Waals surface area contributed by atoms with Gasteiger partial charge in [-0.1, -0.05) is 48.0 Å². The number of aryl methyl sites for hydroxylation is 3. The Labute approximate surface area is 196 Å². The smallest absolute Gasteiger partial charge is 0.264 e. The summed E-state index contributed by atoms with van der Waals surface area (Å²) < 4.78 is 33.2. The maximum absolute atomic E-state index is 13.4. The van der Waals surface area contributed by atoms with Crippen LogP contribution in [0.2, 0.25) is 0 Å². The van der Waals surface area contributed by atoms with E-state index in [9.17, 15) is 13.2 Å². The number of benzene rings is 3. The van der Waals surface area contributed by atoms with Gasteiger partial charge in [0.2, 0.25) is 5.91 Å². The summed E-state index contributed by atoms with van der Waals surface area (Å²) in [7, 11) is -2.28. The fourth-order valence-corrected chi connectivity index (χ4v) is 4.96. The van der Waals surface area contributed by atoms with Crippen molar-refractivity contribution in [2.75, 3.05) is 24.5 Å². The number of nitrogens with zero attached hydrogens (tertiary/aromatic N) is 1. The van der Waals surface area contributed by atoms with Crippen LogP contribution in [0.1, 0.15) is 23.1 Å². The lowest BCUT2D eigenvalue weighted by atomic mass is 10.1. The molecule has 1 amide bonds. The Kier molecular flexibility index (Phi) is 8.11. The Hall–Kier alpha value is -3.32. The number of methoxy groups -OCH3 is 1. The molecule has 0 spiro atoms. The van der Waals surface area contributed by atoms with Crippen LogP contribution in [0.3, 0.4) is 0 Å². The first-order chi connectivity index (χ1) is 15.8. The summed E-state index contributed by atoms with van der Waals surface area (Å²) in [5.41, 5.74) is 3.38. The number of ether oxygens (including phenoxy) is 1. The number of hydrogen-bond donors (Lipinski definition) is 1. The second kappa shape index (κ2) is 11.0. The van der Waals surface area contributed by atoms with Gasteiger partial charge in [0, 0.05) is 6.54 Å². The Morgan fingerprint density at radius 1 is 0.939 bits per heavy atom. The van der Waals surface area contributed by atoms with Gasteiger partial charge in [-0.2, -0.15) is 0 Å². The third-order valence-electron chi connectivity index (χ3n) is 5.40. The van der Waals surface area contributed by atoms with Gasteiger partial charge in [-0.25, -0.2) is 8.42 Å². The van der Waals surface area contributed by atoms with Crippen LogP contribution in [0.5, 0.6) is 5.75 Å². The van der Waals surface area contributed by atoms with E-state index in [1.807, 2.05) is 50.2 Å². The lowest BCUT2D eigenvalue weighted by molar-refractivity contribution is -0.119. The second-order valence-electron chi connectivity index (χ2n) is 7.91. The van der Waals surface area contributed by atoms with Crippen LogP contribution in [0.4, 0.5) is 5.69 Å². The second-order valence-corrected chi connectivity index (χ2v) is 9.78. The van der Waals surface area contributed by atoms with Crippen LogP contribution in [-0.4, -0.2) is 34.5 Å². The Bertz CT molecular complexity index is 1170. The van der Waals surface area contributed by atoms with E-state index in [1.54, 1.807) is 43.5 Å². The first-order valence-corrected chi connectivity index (χ1v) is 12.3. The lowest BCUT2D eigenvalue weighted by Gasteiger charge is -2.25. The number of amides is 1. The van der Waals surface area contributed by atoms with Crippen molar-refractivity contribution in [2.45, 2.75) is 31.6 Å². The van der Waals surface area contributed by atoms with Crippen molar-refractivity contribution in [1.82, 2.24) is 5.32 Å². The number of para-hydroxylation sites is 1. The van der Waals surface area contributed by atoms with Gasteiger partial charge in [-0.15, -0.1) is 0 Å². The summed E-state index contributed by atoms with van der Waals surface area (Å²) in [6, 6.07) is 21.6. The highest BCUT2D eigenvalue weighted by atomic mass is 32.2. The molecule has 1 N–H and O–H groups in total. The van der Waals surface area contributed by atoms with Crippen LogP contribution < -0.4 is 14.4 Å². The minimum absolute atomic E-state index is 0.156. The number of carbonyl (C=O) groups excluding carboxylic acids is 1. The van der Waals surface area contributed by atoms with Crippen molar-refractivity contribution in [3.8, 4) is 5.75 Å². The van der Waals surface area contributed by atoms with Gasteiger partial charge in [0.05, 0.1) is 17.7 Å². The molecule has 6 nitrogen and oxygen atoms in total. The van der Waals surface area contributed by atoms with Gasteiger partial charge in [-0.05, 0) is 68.1 Å². The fraction of sp³-hybridized carbons (Fsp3) is 0.269. The monoisotopic (exact) mass is 466 g/mol. The van der Waals surface area contributed by atoms with Gasteiger partial charge >= 0.3 is 0 Å². The van der Waals surface area contributed by atoms with E-state index in [2.05, 4.69) is 5.32 Å². The van der Waals surface area contributed by atoms with Crippen molar-refractivity contribution in [2.24, 2.45) is 0 Å². The molecule has 0 aromatic heterocycles. The molecule has 0 unspecified atom stereocenters. The molecule has 0 aliphatic heterocycles. The predicted molar refractivity (Wildman–Crippen MR) is 131 cm³/mol. The largest absolute Gasteiger partial charge is 0.497 e. The molecular formula is C26H30N2O4S. The van der Waals surface area contributed by atoms with Crippen LogP contribution in [0, 0.1) is 13.8 Å². The van der Waals surface area contributed by atoms with E-state index in [4.69, 9.17) is 4.74 Å². The summed E-state index contributed by atoms with van der Waals surface area (Å²) in [6.07, 6.45) is 1.54. The molecule has 0 aliphatic rings. The van der Waals surface area contributed by atoms with Crippen molar-refractivity contribution < 1.29 is 17.9 Å². The SMILES string of the molecule is COc1ccc(CCCNC(=O)CN(c2ccccc2C)S(=O)(=O)c2ccc(C)cc2)cc1. The van der Waals surface area contributed by atoms with Gasteiger partial charge in [0.1, 0.15) is 12.3 Å². The first kappa shape index (κ1) is 24.3. The highest BCUT2D eigenvalue weighted by molar-refractivity contribution is 7.92. The average molecular weight is 467 g/mol. The maximum Gasteiger partial charge on any atom is 0.264 e. The van der Waals surface area contributed by atoms with Crippen LogP contribution in [0.15, 0.2) is 77.7 Å². The zero-order chi connectivity index (χ0) is 23.8. The highest BCUT2D eigenvalue weighted by Gasteiger charge is 2.28. The van der Waals surface area contributed by atoms with Gasteiger partial charge in [0.15, 0.2) is 0 Å². The third kappa shape index (κ3) is 6.35. The summed E-state index contributed by atoms with van der Waals surface area (Å²) in [6.45, 7) is 3.90. The summed E-state index contributed by atoms with van der Waals surface area (Å²) in [4.78, 5) is 12.9. The van der Waals surface area contributed by atoms with Crippen LogP contribution >= 0.6 is 0 Å². The van der Waals surface area contributed by atoms with Crippen molar-refractivity contribution in [3.05, 3.63) is 89.5 Å². The predicted octanol–water partition coefficient (Wildman–Crippen LogP) is 4.26. The van der Waals surface area contributed by atoms with E-state index < -0.39 is 10.0 Å². The minimum atomic E-state index is -3.91. The topological polar surface area (TPSA) is 75.7 Å². The van der Waals surface area contributed by atoms with E-state index >= 15 is 0 Å². The van der Waals surface area contributed by atoms with Crippen molar-refractivity contribution in [1.29, 1.82) is 0 Å². The number of anilines is 1. The molecule has 0 aliphatic carbocycles. The molecule has 0 saturated heterocycles. The molecule has 174 valence electrons. The van der Waals surface area contributed by atoms with Gasteiger partial charge < -0.3 is 10.1 Å². The average Bonchev–Trinajstić information content (AvgIpc) is 2.81. The molecule has 0 fully saturated rings. The Balaban J connectivity index is 1.68. The molecule has 3 rings (SSSR count). The van der Waals surface area contributed by atoms with Crippen molar-refractivity contribution in [3.63, 3.8) is 0 Å². The van der Waals surface area contributed by atoms with Crippen LogP contribution in [0.25, 0.3) is 0 Å². The molecule has 7 heteroatoms. The summed E-state index contributed by atoms with van der Waals surface area (Å²) in [5.74, 6) is 0.460. The molecule has 0 atom stereocenters. The maximum atomic E-state index is 13.4. The van der Waals surface area contributed by atoms with E-state index in [1.165, 1.54) is 4.31 Å². The summed E-state index contributed by atoms with van der Waals surface area (Å²) in [5, 5.41) is 2.86. The number of nitrogens with one attached hydrogen (secondary N) is 1. The Morgan fingerprint density at radius 2 is 1.61 bits per heavy atom. The van der Waals surface area contributed by atoms with Gasteiger partial charge in [-0.3, -0.25) is 9.10 Å². The van der Waals surface area contributed by atoms with E-state index in [-0.39, 0.29) is 17.3 Å². The molecule has 0 bridgehead atoms. The molecule has 33 heavy (non-hydrogen) atoms. The lowest BCUT2D eigenvalue weighted by Crippen LogP contribution is -2.41. The normalized spacial score (nSPS) is 11.1. The first-order valence-electron chi connectivity index (χ1n) is 10.9. The zero-order valence-corrected chi connectivity index (χ0v) is 20.1. The quantitative estimate of drug-likeness (QED) is 0.453. The van der Waals surface area contributed by atoms with Crippen molar-refractivity contribution >= 4 is 21.6 Å². The van der Waals surface area contributed by atoms with Crippen LogP contribution in [-0.2, 0) is 21.2 Å². The molecule has 0 radical (unpaired) electrons. The number of hydrogen-bond acceptors (Lipinski definition) is 4. The number of sulfonamides is 1. The molecule has 0 heterocycles. The molecule has 0 saturated carbocycles. The standard InChI is InChI=1S/C26H30N2O4S/c1-20-10-16-24(17-11-20)33(30,31)28(25-9-5-4-7-21(25)2)19-26(29)27-18-6-8-22-12-14-23(32-3)15-13-22/h4-5,7,9-17H,6,8,18-19H2,1-3H3,(H,27,29). The zero-order valence-electron chi connectivity index (χ0n) is 19.2. The minimum Gasteiger partial charge on any atom is -0.497 e. The number of rotatable bonds is 10. The Morgan fingerprint density at radius 3 is 2.24 bits per heavy atom. The van der Waals surface area contributed by atoms with E-state index in [0.717, 1.165) is 35.3 Å².